The molecule has 0 aliphatic carbocycles. The molecule has 0 bridgehead atoms. The second-order valence-electron chi connectivity index (χ2n) is 8.20. The first-order chi connectivity index (χ1) is 16.7. The number of aromatic nitrogens is 1. The first-order valence-electron chi connectivity index (χ1n) is 11.2. The second-order valence-corrected chi connectivity index (χ2v) is 9.97. The predicted octanol–water partition coefficient (Wildman–Crippen LogP) is 5.98. The summed E-state index contributed by atoms with van der Waals surface area (Å²) >= 11 is 0. The van der Waals surface area contributed by atoms with Gasteiger partial charge in [0.25, 0.3) is 0 Å². The molecule has 2 N–H and O–H groups in total. The average Bonchev–Trinajstić information content (AvgIpc) is 2.84. The van der Waals surface area contributed by atoms with E-state index in [1.807, 2.05) is 44.2 Å². The minimum atomic E-state index is -3.33. The van der Waals surface area contributed by atoms with Crippen LogP contribution in [0.15, 0.2) is 66.9 Å². The van der Waals surface area contributed by atoms with Crippen LogP contribution in [0.2, 0.25) is 0 Å². The van der Waals surface area contributed by atoms with Crippen molar-refractivity contribution >= 4 is 19.6 Å². The van der Waals surface area contributed by atoms with E-state index in [0.717, 1.165) is 18.2 Å². The molecule has 0 spiro atoms. The summed E-state index contributed by atoms with van der Waals surface area (Å²) in [7, 11) is -2.17. The van der Waals surface area contributed by atoms with E-state index >= 15 is 0 Å². The molecule has 184 valence electrons. The molecular formula is C27H29FNO5P. The largest absolute Gasteiger partial charge is 0.480 e. The topological polar surface area (TPSA) is 96.7 Å². The smallest absolute Gasteiger partial charge is 0.326 e. The molecular weight excluding hydrogens is 468 g/mol. The standard InChI is InChI=1S/C27H29FNO5P/c1-5-9-23(27(18(3)30,26(31)32)35(33)34-4)22-16-29-25(20-10-7-6-8-11-20)17(2)24(22)19-12-14-21(28)15-13-19/h6-16,18,30,35H,5H2,1-4H3,(H,31,32). The fourth-order valence-electron chi connectivity index (χ4n) is 4.43. The van der Waals surface area contributed by atoms with Gasteiger partial charge in [-0.3, -0.25) is 14.3 Å². The maximum absolute atomic E-state index is 13.8. The van der Waals surface area contributed by atoms with Crippen molar-refractivity contribution in [3.8, 4) is 22.4 Å². The van der Waals surface area contributed by atoms with Crippen LogP contribution < -0.4 is 0 Å². The summed E-state index contributed by atoms with van der Waals surface area (Å²) in [6.45, 7) is 4.95. The lowest BCUT2D eigenvalue weighted by Gasteiger charge is -2.34. The highest BCUT2D eigenvalue weighted by Crippen LogP contribution is 2.53. The molecule has 0 saturated heterocycles. The molecule has 0 aliphatic heterocycles. The molecule has 0 saturated carbocycles. The van der Waals surface area contributed by atoms with Crippen molar-refractivity contribution in [1.29, 1.82) is 0 Å². The highest BCUT2D eigenvalue weighted by molar-refractivity contribution is 7.43. The summed E-state index contributed by atoms with van der Waals surface area (Å²) in [5, 5.41) is 18.9. The Hall–Kier alpha value is -3.12. The fourth-order valence-corrected chi connectivity index (χ4v) is 5.72. The van der Waals surface area contributed by atoms with Crippen LogP contribution in [-0.4, -0.2) is 39.5 Å². The Morgan fingerprint density at radius 2 is 1.80 bits per heavy atom. The van der Waals surface area contributed by atoms with Crippen molar-refractivity contribution in [2.45, 2.75) is 38.5 Å². The number of nitrogens with zero attached hydrogens (tertiary/aromatic N) is 1. The summed E-state index contributed by atoms with van der Waals surface area (Å²) in [6, 6.07) is 15.3. The third-order valence-corrected chi connectivity index (χ3v) is 8.01. The van der Waals surface area contributed by atoms with Crippen LogP contribution in [0.5, 0.6) is 0 Å². The van der Waals surface area contributed by atoms with Gasteiger partial charge < -0.3 is 14.7 Å². The van der Waals surface area contributed by atoms with Crippen molar-refractivity contribution < 1.29 is 28.5 Å². The Labute approximate surface area is 205 Å². The molecule has 1 aromatic heterocycles. The van der Waals surface area contributed by atoms with Crippen LogP contribution >= 0.6 is 8.03 Å². The van der Waals surface area contributed by atoms with E-state index in [9.17, 15) is 24.0 Å². The number of carboxylic acids is 1. The van der Waals surface area contributed by atoms with Gasteiger partial charge in [0.1, 0.15) is 5.82 Å². The molecule has 8 heteroatoms. The Kier molecular flexibility index (Phi) is 8.39. The van der Waals surface area contributed by atoms with E-state index in [1.165, 1.54) is 25.3 Å². The lowest BCUT2D eigenvalue weighted by atomic mass is 9.82. The average molecular weight is 498 g/mol. The van der Waals surface area contributed by atoms with E-state index in [1.54, 1.807) is 18.2 Å². The van der Waals surface area contributed by atoms with Crippen LogP contribution in [0.4, 0.5) is 4.39 Å². The first kappa shape index (κ1) is 26.5. The fraction of sp³-hybridized carbons (Fsp3) is 0.259. The number of aliphatic carboxylic acids is 1. The Morgan fingerprint density at radius 1 is 1.17 bits per heavy atom. The van der Waals surface area contributed by atoms with Crippen molar-refractivity contribution in [2.75, 3.05) is 7.11 Å². The van der Waals surface area contributed by atoms with Crippen molar-refractivity contribution in [3.05, 3.63) is 83.8 Å². The zero-order valence-electron chi connectivity index (χ0n) is 20.1. The highest BCUT2D eigenvalue weighted by atomic mass is 31.1. The number of benzene rings is 2. The minimum absolute atomic E-state index is 0.141. The van der Waals surface area contributed by atoms with E-state index in [4.69, 9.17) is 4.52 Å². The third kappa shape index (κ3) is 4.85. The number of carboxylic acid groups (broad SMARTS) is 1. The molecule has 0 radical (unpaired) electrons. The third-order valence-electron chi connectivity index (χ3n) is 6.10. The number of allylic oxidation sites excluding steroid dienone is 1. The van der Waals surface area contributed by atoms with Crippen LogP contribution in [0.1, 0.15) is 31.4 Å². The van der Waals surface area contributed by atoms with Crippen molar-refractivity contribution in [2.24, 2.45) is 0 Å². The number of rotatable bonds is 9. The monoisotopic (exact) mass is 497 g/mol. The number of pyridine rings is 1. The predicted molar refractivity (Wildman–Crippen MR) is 136 cm³/mol. The van der Waals surface area contributed by atoms with Gasteiger partial charge in [-0.15, -0.1) is 0 Å². The van der Waals surface area contributed by atoms with E-state index in [0.29, 0.717) is 28.8 Å². The Morgan fingerprint density at radius 3 is 2.31 bits per heavy atom. The first-order valence-corrected chi connectivity index (χ1v) is 12.5. The maximum atomic E-state index is 13.8. The molecule has 3 atom stereocenters. The normalized spacial score (nSPS) is 15.3. The number of aliphatic hydroxyl groups is 1. The van der Waals surface area contributed by atoms with E-state index in [2.05, 4.69) is 4.98 Å². The molecule has 0 fully saturated rings. The molecule has 0 amide bonds. The van der Waals surface area contributed by atoms with Crippen molar-refractivity contribution in [3.63, 3.8) is 0 Å². The van der Waals surface area contributed by atoms with Gasteiger partial charge in [0.15, 0.2) is 5.16 Å². The number of hydrogen-bond donors (Lipinski definition) is 2. The maximum Gasteiger partial charge on any atom is 0.326 e. The Balaban J connectivity index is 2.46. The van der Waals surface area contributed by atoms with Gasteiger partial charge in [-0.05, 0) is 54.7 Å². The molecule has 3 aromatic rings. The summed E-state index contributed by atoms with van der Waals surface area (Å²) in [5.74, 6) is -1.88. The van der Waals surface area contributed by atoms with E-state index < -0.39 is 31.1 Å². The van der Waals surface area contributed by atoms with Gasteiger partial charge in [-0.2, -0.15) is 0 Å². The number of hydrogen-bond acceptors (Lipinski definition) is 5. The highest BCUT2D eigenvalue weighted by Gasteiger charge is 2.53. The van der Waals surface area contributed by atoms with Gasteiger partial charge in [0.2, 0.25) is 8.03 Å². The molecule has 2 aromatic carbocycles. The van der Waals surface area contributed by atoms with Crippen LogP contribution in [-0.2, 0) is 13.9 Å². The van der Waals surface area contributed by atoms with Gasteiger partial charge in [-0.1, -0.05) is 55.5 Å². The van der Waals surface area contributed by atoms with Gasteiger partial charge in [-0.25, -0.2) is 4.39 Å². The number of aliphatic hydroxyl groups excluding tert-OH is 1. The summed E-state index contributed by atoms with van der Waals surface area (Å²) in [4.78, 5) is 17.3. The minimum Gasteiger partial charge on any atom is -0.480 e. The summed E-state index contributed by atoms with van der Waals surface area (Å²) < 4.78 is 32.0. The van der Waals surface area contributed by atoms with Gasteiger partial charge in [0.05, 0.1) is 11.8 Å². The van der Waals surface area contributed by atoms with Crippen LogP contribution in [0, 0.1) is 12.7 Å². The number of carbonyl (C=O) groups is 1. The molecule has 0 aliphatic rings. The lowest BCUT2D eigenvalue weighted by Crippen LogP contribution is -2.46. The number of halogens is 1. The SMILES string of the molecule is CCC=C(c1cnc(-c2ccccc2)c(C)c1-c1ccc(F)cc1)C(C(=O)O)(C(C)O)[PH](=O)OC. The molecule has 3 unspecified atom stereocenters. The molecule has 3 rings (SSSR count). The molecule has 35 heavy (non-hydrogen) atoms. The lowest BCUT2D eigenvalue weighted by molar-refractivity contribution is -0.141. The Bertz CT molecular complexity index is 1260. The zero-order valence-corrected chi connectivity index (χ0v) is 21.1. The van der Waals surface area contributed by atoms with Crippen LogP contribution in [0.3, 0.4) is 0 Å². The second kappa shape index (κ2) is 11.1. The summed E-state index contributed by atoms with van der Waals surface area (Å²) in [5.41, 5.74) is 4.01. The van der Waals surface area contributed by atoms with Gasteiger partial charge >= 0.3 is 5.97 Å². The zero-order chi connectivity index (χ0) is 25.8. The van der Waals surface area contributed by atoms with E-state index in [-0.39, 0.29) is 5.57 Å². The molecule has 6 nitrogen and oxygen atoms in total. The van der Waals surface area contributed by atoms with Gasteiger partial charge in [0, 0.05) is 24.4 Å². The summed E-state index contributed by atoms with van der Waals surface area (Å²) in [6.07, 6.45) is 2.02. The van der Waals surface area contributed by atoms with Crippen LogP contribution in [0.25, 0.3) is 28.0 Å². The quantitative estimate of drug-likeness (QED) is 0.353. The molecule has 1 heterocycles. The van der Waals surface area contributed by atoms with Crippen molar-refractivity contribution in [1.82, 2.24) is 4.98 Å².